The average molecular weight is 249 g/mol. The summed E-state index contributed by atoms with van der Waals surface area (Å²) in [5, 5.41) is 2.26. The molecule has 2 aromatic carbocycles. The van der Waals surface area contributed by atoms with Crippen molar-refractivity contribution in [3.05, 3.63) is 84.4 Å². The van der Waals surface area contributed by atoms with Gasteiger partial charge in [-0.05, 0) is 34.5 Å². The van der Waals surface area contributed by atoms with Crippen molar-refractivity contribution in [2.45, 2.75) is 0 Å². The van der Waals surface area contributed by atoms with E-state index in [9.17, 15) is 4.39 Å². The molecule has 0 radical (unpaired) electrons. The van der Waals surface area contributed by atoms with Crippen molar-refractivity contribution < 1.29 is 4.39 Å². The van der Waals surface area contributed by atoms with Crippen molar-refractivity contribution in [1.82, 2.24) is 4.98 Å². The minimum absolute atomic E-state index is 0.304. The summed E-state index contributed by atoms with van der Waals surface area (Å²) in [6.45, 7) is 3.96. The molecule has 0 N–H and O–H groups in total. The van der Waals surface area contributed by atoms with Gasteiger partial charge in [-0.1, -0.05) is 43.0 Å². The maximum absolute atomic E-state index is 13.7. The van der Waals surface area contributed by atoms with Crippen LogP contribution in [0, 0.1) is 5.82 Å². The number of aromatic nitrogens is 1. The Morgan fingerprint density at radius 3 is 2.53 bits per heavy atom. The highest BCUT2D eigenvalue weighted by Gasteiger charge is 2.09. The molecule has 0 aliphatic carbocycles. The Hall–Kier alpha value is -2.48. The Morgan fingerprint density at radius 2 is 1.74 bits per heavy atom. The van der Waals surface area contributed by atoms with E-state index >= 15 is 0 Å². The largest absolute Gasteiger partial charge is 0.253 e. The molecule has 0 bridgehead atoms. The molecular weight excluding hydrogens is 237 g/mol. The SMILES string of the molecule is C=C(c1ccc2ccccc2c1)c1ncccc1F. The van der Waals surface area contributed by atoms with E-state index < -0.39 is 0 Å². The second-order valence-corrected chi connectivity index (χ2v) is 4.37. The third-order valence-corrected chi connectivity index (χ3v) is 3.14. The molecule has 19 heavy (non-hydrogen) atoms. The van der Waals surface area contributed by atoms with Crippen molar-refractivity contribution in [2.24, 2.45) is 0 Å². The Kier molecular flexibility index (Phi) is 2.84. The fourth-order valence-corrected chi connectivity index (χ4v) is 2.12. The molecule has 0 saturated heterocycles. The molecule has 0 spiro atoms. The minimum atomic E-state index is -0.347. The van der Waals surface area contributed by atoms with Crippen LogP contribution in [0.15, 0.2) is 67.4 Å². The van der Waals surface area contributed by atoms with Crippen LogP contribution in [0.25, 0.3) is 16.3 Å². The van der Waals surface area contributed by atoms with Gasteiger partial charge < -0.3 is 0 Å². The van der Waals surface area contributed by atoms with Gasteiger partial charge in [0, 0.05) is 11.8 Å². The summed E-state index contributed by atoms with van der Waals surface area (Å²) in [6, 6.07) is 17.0. The number of hydrogen-bond acceptors (Lipinski definition) is 1. The molecule has 0 fully saturated rings. The lowest BCUT2D eigenvalue weighted by Crippen LogP contribution is -1.94. The zero-order valence-corrected chi connectivity index (χ0v) is 10.3. The number of fused-ring (bicyclic) bond motifs is 1. The van der Waals surface area contributed by atoms with Gasteiger partial charge >= 0.3 is 0 Å². The summed E-state index contributed by atoms with van der Waals surface area (Å²) in [5.41, 5.74) is 1.79. The van der Waals surface area contributed by atoms with E-state index in [1.165, 1.54) is 6.07 Å². The molecule has 1 aromatic heterocycles. The monoisotopic (exact) mass is 249 g/mol. The molecule has 0 aliphatic heterocycles. The summed E-state index contributed by atoms with van der Waals surface area (Å²) in [6.07, 6.45) is 1.57. The second-order valence-electron chi connectivity index (χ2n) is 4.37. The lowest BCUT2D eigenvalue weighted by atomic mass is 10.00. The zero-order chi connectivity index (χ0) is 13.2. The van der Waals surface area contributed by atoms with Crippen LogP contribution in [-0.4, -0.2) is 4.98 Å². The van der Waals surface area contributed by atoms with Crippen molar-refractivity contribution in [3.63, 3.8) is 0 Å². The third-order valence-electron chi connectivity index (χ3n) is 3.14. The van der Waals surface area contributed by atoms with Crippen LogP contribution in [0.4, 0.5) is 4.39 Å². The molecule has 0 aliphatic rings. The van der Waals surface area contributed by atoms with Crippen LogP contribution < -0.4 is 0 Å². The lowest BCUT2D eigenvalue weighted by Gasteiger charge is -2.07. The normalized spacial score (nSPS) is 10.6. The molecule has 92 valence electrons. The quantitative estimate of drug-likeness (QED) is 0.654. The Morgan fingerprint density at radius 1 is 0.947 bits per heavy atom. The van der Waals surface area contributed by atoms with E-state index in [4.69, 9.17) is 0 Å². The van der Waals surface area contributed by atoms with Crippen molar-refractivity contribution in [1.29, 1.82) is 0 Å². The average Bonchev–Trinajstić information content (AvgIpc) is 2.46. The summed E-state index contributed by atoms with van der Waals surface area (Å²) >= 11 is 0. The zero-order valence-electron chi connectivity index (χ0n) is 10.3. The first-order chi connectivity index (χ1) is 9.25. The molecule has 1 nitrogen and oxygen atoms in total. The van der Waals surface area contributed by atoms with Gasteiger partial charge in [0.2, 0.25) is 0 Å². The van der Waals surface area contributed by atoms with Gasteiger partial charge in [-0.15, -0.1) is 0 Å². The Balaban J connectivity index is 2.09. The van der Waals surface area contributed by atoms with Crippen LogP contribution >= 0.6 is 0 Å². The van der Waals surface area contributed by atoms with Crippen LogP contribution in [-0.2, 0) is 0 Å². The van der Waals surface area contributed by atoms with E-state index in [-0.39, 0.29) is 5.82 Å². The lowest BCUT2D eigenvalue weighted by molar-refractivity contribution is 0.617. The number of hydrogen-bond donors (Lipinski definition) is 0. The highest BCUT2D eigenvalue weighted by Crippen LogP contribution is 2.25. The summed E-state index contributed by atoms with van der Waals surface area (Å²) in [4.78, 5) is 4.06. The number of nitrogens with zero attached hydrogens (tertiary/aromatic N) is 1. The van der Waals surface area contributed by atoms with Gasteiger partial charge in [0.05, 0.1) is 0 Å². The number of benzene rings is 2. The van der Waals surface area contributed by atoms with Crippen LogP contribution in [0.1, 0.15) is 11.3 Å². The van der Waals surface area contributed by atoms with Gasteiger partial charge in [0.1, 0.15) is 11.5 Å². The van der Waals surface area contributed by atoms with Crippen LogP contribution in [0.5, 0.6) is 0 Å². The molecule has 0 unspecified atom stereocenters. The first-order valence-electron chi connectivity index (χ1n) is 6.05. The number of halogens is 1. The van der Waals surface area contributed by atoms with E-state index in [1.54, 1.807) is 12.3 Å². The van der Waals surface area contributed by atoms with Gasteiger partial charge in [-0.3, -0.25) is 4.98 Å². The van der Waals surface area contributed by atoms with Crippen molar-refractivity contribution in [3.8, 4) is 0 Å². The van der Waals surface area contributed by atoms with Crippen molar-refractivity contribution >= 4 is 16.3 Å². The second kappa shape index (κ2) is 4.65. The highest BCUT2D eigenvalue weighted by atomic mass is 19.1. The number of pyridine rings is 1. The molecule has 0 amide bonds. The molecule has 0 atom stereocenters. The van der Waals surface area contributed by atoms with E-state index in [0.29, 0.717) is 11.3 Å². The molecule has 2 heteroatoms. The first kappa shape index (κ1) is 11.6. The van der Waals surface area contributed by atoms with Crippen molar-refractivity contribution in [2.75, 3.05) is 0 Å². The standard InChI is InChI=1S/C17H12FN/c1-12(17-16(18)7-4-10-19-17)14-9-8-13-5-2-3-6-15(13)11-14/h2-11H,1H2. The van der Waals surface area contributed by atoms with Gasteiger partial charge in [-0.2, -0.15) is 0 Å². The smallest absolute Gasteiger partial charge is 0.149 e. The van der Waals surface area contributed by atoms with Gasteiger partial charge in [-0.25, -0.2) is 4.39 Å². The Bertz CT molecular complexity index is 762. The maximum Gasteiger partial charge on any atom is 0.149 e. The number of rotatable bonds is 2. The van der Waals surface area contributed by atoms with E-state index in [1.807, 2.05) is 42.5 Å². The molecule has 3 aromatic rings. The third kappa shape index (κ3) is 2.13. The summed E-state index contributed by atoms with van der Waals surface area (Å²) in [7, 11) is 0. The summed E-state index contributed by atoms with van der Waals surface area (Å²) in [5.74, 6) is -0.347. The molecule has 3 rings (SSSR count). The van der Waals surface area contributed by atoms with Gasteiger partial charge in [0.25, 0.3) is 0 Å². The predicted molar refractivity (Wildman–Crippen MR) is 76.3 cm³/mol. The highest BCUT2D eigenvalue weighted by molar-refractivity contribution is 5.88. The fraction of sp³-hybridized carbons (Fsp3) is 0. The van der Waals surface area contributed by atoms with Crippen LogP contribution in [0.2, 0.25) is 0 Å². The maximum atomic E-state index is 13.7. The molecule has 0 saturated carbocycles. The van der Waals surface area contributed by atoms with Gasteiger partial charge in [0.15, 0.2) is 0 Å². The first-order valence-corrected chi connectivity index (χ1v) is 6.05. The predicted octanol–water partition coefficient (Wildman–Crippen LogP) is 4.44. The topological polar surface area (TPSA) is 12.9 Å². The van der Waals surface area contributed by atoms with E-state index in [0.717, 1.165) is 16.3 Å². The molecule has 1 heterocycles. The Labute approximate surface area is 111 Å². The fourth-order valence-electron chi connectivity index (χ4n) is 2.12. The minimum Gasteiger partial charge on any atom is -0.253 e. The van der Waals surface area contributed by atoms with E-state index in [2.05, 4.69) is 11.6 Å². The van der Waals surface area contributed by atoms with Crippen LogP contribution in [0.3, 0.4) is 0 Å². The molecular formula is C17H12FN. The summed E-state index contributed by atoms with van der Waals surface area (Å²) < 4.78 is 13.7.